The van der Waals surface area contributed by atoms with Crippen molar-refractivity contribution in [3.63, 3.8) is 0 Å². The maximum Gasteiger partial charge on any atom is 0.131 e. The van der Waals surface area contributed by atoms with Crippen LogP contribution in [0.1, 0.15) is 48.3 Å². The van der Waals surface area contributed by atoms with Gasteiger partial charge in [0.05, 0.1) is 5.69 Å². The zero-order valence-electron chi connectivity index (χ0n) is 9.35. The van der Waals surface area contributed by atoms with Crippen molar-refractivity contribution in [1.29, 1.82) is 0 Å². The van der Waals surface area contributed by atoms with Crippen molar-refractivity contribution < 1.29 is 4.74 Å². The monoisotopic (exact) mass is 219 g/mol. The van der Waals surface area contributed by atoms with Gasteiger partial charge in [0, 0.05) is 31.4 Å². The highest BCUT2D eigenvalue weighted by Crippen LogP contribution is 2.30. The lowest BCUT2D eigenvalue weighted by Gasteiger charge is -2.21. The number of aryl methyl sites for hydroxylation is 1. The van der Waals surface area contributed by atoms with E-state index in [4.69, 9.17) is 10.5 Å². The quantitative estimate of drug-likeness (QED) is 0.773. The van der Waals surface area contributed by atoms with Crippen molar-refractivity contribution in [2.24, 2.45) is 5.73 Å². The van der Waals surface area contributed by atoms with Crippen LogP contribution in [0.15, 0.2) is 6.20 Å². The topological polar surface area (TPSA) is 61.0 Å². The Hall–Kier alpha value is -1.00. The highest BCUT2D eigenvalue weighted by Gasteiger charge is 2.24. The SMILES string of the molecule is NC1CCc2cnc(C3CCOCC3)nc21. The minimum absolute atomic E-state index is 0.122. The average molecular weight is 219 g/mol. The first kappa shape index (κ1) is 10.2. The third kappa shape index (κ3) is 1.72. The van der Waals surface area contributed by atoms with E-state index in [2.05, 4.69) is 9.97 Å². The number of nitrogens with zero attached hydrogens (tertiary/aromatic N) is 2. The van der Waals surface area contributed by atoms with E-state index in [1.54, 1.807) is 0 Å². The first-order valence-corrected chi connectivity index (χ1v) is 6.03. The maximum absolute atomic E-state index is 6.03. The summed E-state index contributed by atoms with van der Waals surface area (Å²) in [5, 5.41) is 0. The summed E-state index contributed by atoms with van der Waals surface area (Å²) in [6.07, 6.45) is 6.09. The molecular weight excluding hydrogens is 202 g/mol. The molecule has 3 rings (SSSR count). The van der Waals surface area contributed by atoms with Gasteiger partial charge in [-0.3, -0.25) is 0 Å². The van der Waals surface area contributed by atoms with Gasteiger partial charge in [-0.15, -0.1) is 0 Å². The van der Waals surface area contributed by atoms with Gasteiger partial charge in [-0.05, 0) is 31.2 Å². The van der Waals surface area contributed by atoms with E-state index in [1.165, 1.54) is 5.56 Å². The molecule has 0 spiro atoms. The van der Waals surface area contributed by atoms with Gasteiger partial charge < -0.3 is 10.5 Å². The fraction of sp³-hybridized carbons (Fsp3) is 0.667. The molecule has 0 saturated carbocycles. The molecule has 86 valence electrons. The summed E-state index contributed by atoms with van der Waals surface area (Å²) in [5.74, 6) is 1.44. The van der Waals surface area contributed by atoms with Gasteiger partial charge in [-0.25, -0.2) is 9.97 Å². The Morgan fingerprint density at radius 1 is 1.25 bits per heavy atom. The second-order valence-corrected chi connectivity index (χ2v) is 4.67. The zero-order chi connectivity index (χ0) is 11.0. The molecule has 16 heavy (non-hydrogen) atoms. The molecule has 2 N–H and O–H groups in total. The highest BCUT2D eigenvalue weighted by molar-refractivity contribution is 5.26. The first-order chi connectivity index (χ1) is 7.84. The predicted molar refractivity (Wildman–Crippen MR) is 60.1 cm³/mol. The molecule has 1 atom stereocenters. The van der Waals surface area contributed by atoms with Gasteiger partial charge >= 0.3 is 0 Å². The van der Waals surface area contributed by atoms with Gasteiger partial charge in [0.15, 0.2) is 0 Å². The Morgan fingerprint density at radius 3 is 2.88 bits per heavy atom. The van der Waals surface area contributed by atoms with E-state index < -0.39 is 0 Å². The van der Waals surface area contributed by atoms with Crippen LogP contribution in [0.25, 0.3) is 0 Å². The summed E-state index contributed by atoms with van der Waals surface area (Å²) >= 11 is 0. The minimum atomic E-state index is 0.122. The van der Waals surface area contributed by atoms with Crippen LogP contribution >= 0.6 is 0 Å². The molecule has 2 heterocycles. The Bertz CT molecular complexity index is 388. The molecule has 2 aliphatic rings. The fourth-order valence-corrected chi connectivity index (χ4v) is 2.55. The lowest BCUT2D eigenvalue weighted by molar-refractivity contribution is 0.0835. The molecule has 1 aliphatic heterocycles. The maximum atomic E-state index is 6.03. The average Bonchev–Trinajstić information content (AvgIpc) is 2.72. The summed E-state index contributed by atoms with van der Waals surface area (Å²) in [6.45, 7) is 1.66. The molecular formula is C12H17N3O. The van der Waals surface area contributed by atoms with Gasteiger partial charge in [0.25, 0.3) is 0 Å². The second-order valence-electron chi connectivity index (χ2n) is 4.67. The third-order valence-electron chi connectivity index (χ3n) is 3.58. The Kier molecular flexibility index (Phi) is 2.61. The van der Waals surface area contributed by atoms with E-state index in [0.717, 1.165) is 50.4 Å². The van der Waals surface area contributed by atoms with E-state index in [0.29, 0.717) is 5.92 Å². The van der Waals surface area contributed by atoms with Crippen molar-refractivity contribution >= 4 is 0 Å². The molecule has 0 amide bonds. The number of rotatable bonds is 1. The molecule has 1 fully saturated rings. The summed E-state index contributed by atoms with van der Waals surface area (Å²) in [7, 11) is 0. The van der Waals surface area contributed by atoms with Crippen LogP contribution in [-0.2, 0) is 11.2 Å². The van der Waals surface area contributed by atoms with Crippen LogP contribution < -0.4 is 5.73 Å². The van der Waals surface area contributed by atoms with E-state index in [9.17, 15) is 0 Å². The Morgan fingerprint density at radius 2 is 2.06 bits per heavy atom. The number of hydrogen-bond acceptors (Lipinski definition) is 4. The number of aromatic nitrogens is 2. The van der Waals surface area contributed by atoms with Crippen LogP contribution in [-0.4, -0.2) is 23.2 Å². The molecule has 1 aromatic heterocycles. The van der Waals surface area contributed by atoms with E-state index >= 15 is 0 Å². The molecule has 1 aromatic rings. The smallest absolute Gasteiger partial charge is 0.131 e. The van der Waals surface area contributed by atoms with E-state index in [1.807, 2.05) is 6.20 Å². The van der Waals surface area contributed by atoms with Crippen LogP contribution in [0.3, 0.4) is 0 Å². The van der Waals surface area contributed by atoms with E-state index in [-0.39, 0.29) is 6.04 Å². The van der Waals surface area contributed by atoms with Crippen molar-refractivity contribution in [3.8, 4) is 0 Å². The number of nitrogens with two attached hydrogens (primary N) is 1. The minimum Gasteiger partial charge on any atom is -0.381 e. The van der Waals surface area contributed by atoms with Crippen molar-refractivity contribution in [2.75, 3.05) is 13.2 Å². The van der Waals surface area contributed by atoms with Gasteiger partial charge in [-0.2, -0.15) is 0 Å². The van der Waals surface area contributed by atoms with Crippen molar-refractivity contribution in [1.82, 2.24) is 9.97 Å². The summed E-state index contributed by atoms with van der Waals surface area (Å²) < 4.78 is 5.35. The highest BCUT2D eigenvalue weighted by atomic mass is 16.5. The number of ether oxygens (including phenoxy) is 1. The molecule has 4 nitrogen and oxygen atoms in total. The van der Waals surface area contributed by atoms with Crippen LogP contribution in [0.2, 0.25) is 0 Å². The van der Waals surface area contributed by atoms with Crippen LogP contribution in [0.4, 0.5) is 0 Å². The Labute approximate surface area is 95.2 Å². The van der Waals surface area contributed by atoms with Crippen LogP contribution in [0, 0.1) is 0 Å². The first-order valence-electron chi connectivity index (χ1n) is 6.03. The largest absolute Gasteiger partial charge is 0.381 e. The molecule has 4 heteroatoms. The lowest BCUT2D eigenvalue weighted by Crippen LogP contribution is -2.18. The summed E-state index contributed by atoms with van der Waals surface area (Å²) in [6, 6.07) is 0.122. The zero-order valence-corrected chi connectivity index (χ0v) is 9.35. The molecule has 0 aromatic carbocycles. The Balaban J connectivity index is 1.88. The molecule has 1 aliphatic carbocycles. The van der Waals surface area contributed by atoms with Crippen molar-refractivity contribution in [2.45, 2.75) is 37.6 Å². The normalized spacial score (nSPS) is 25.7. The summed E-state index contributed by atoms with van der Waals surface area (Å²) in [4.78, 5) is 9.15. The van der Waals surface area contributed by atoms with Gasteiger partial charge in [0.1, 0.15) is 5.82 Å². The predicted octanol–water partition coefficient (Wildman–Crippen LogP) is 1.32. The number of hydrogen-bond donors (Lipinski definition) is 1. The van der Waals surface area contributed by atoms with Gasteiger partial charge in [-0.1, -0.05) is 0 Å². The van der Waals surface area contributed by atoms with Crippen LogP contribution in [0.5, 0.6) is 0 Å². The second kappa shape index (κ2) is 4.11. The number of fused-ring (bicyclic) bond motifs is 1. The molecule has 1 saturated heterocycles. The lowest BCUT2D eigenvalue weighted by atomic mass is 9.99. The molecule has 0 bridgehead atoms. The summed E-state index contributed by atoms with van der Waals surface area (Å²) in [5.41, 5.74) is 8.35. The fourth-order valence-electron chi connectivity index (χ4n) is 2.55. The standard InChI is InChI=1S/C12H17N3O/c13-10-2-1-9-7-14-12(15-11(9)10)8-3-5-16-6-4-8/h7-8,10H,1-6,13H2. The molecule has 0 radical (unpaired) electrons. The molecule has 1 unspecified atom stereocenters. The van der Waals surface area contributed by atoms with Crippen molar-refractivity contribution in [3.05, 3.63) is 23.3 Å². The third-order valence-corrected chi connectivity index (χ3v) is 3.58. The van der Waals surface area contributed by atoms with Gasteiger partial charge in [0.2, 0.25) is 0 Å².